The highest BCUT2D eigenvalue weighted by molar-refractivity contribution is 7.07. The Balaban J connectivity index is 1.34. The summed E-state index contributed by atoms with van der Waals surface area (Å²) in [6, 6.07) is 12.7. The first-order chi connectivity index (χ1) is 14.1. The van der Waals surface area contributed by atoms with Crippen molar-refractivity contribution in [3.8, 4) is 5.75 Å². The number of amides is 1. The summed E-state index contributed by atoms with van der Waals surface area (Å²) in [5, 5.41) is 7.47. The molecule has 1 amide bonds. The molecule has 0 radical (unpaired) electrons. The van der Waals surface area contributed by atoms with Crippen LogP contribution in [-0.2, 0) is 6.54 Å². The first-order valence-corrected chi connectivity index (χ1v) is 10.7. The van der Waals surface area contributed by atoms with Gasteiger partial charge in [-0.1, -0.05) is 11.6 Å². The molecule has 2 heterocycles. The van der Waals surface area contributed by atoms with Crippen LogP contribution in [0.15, 0.2) is 59.3 Å². The molecule has 1 aliphatic heterocycles. The van der Waals surface area contributed by atoms with Gasteiger partial charge in [-0.25, -0.2) is 4.39 Å². The van der Waals surface area contributed by atoms with Gasteiger partial charge in [-0.05, 0) is 71.3 Å². The van der Waals surface area contributed by atoms with Gasteiger partial charge in [0.15, 0.2) is 0 Å². The van der Waals surface area contributed by atoms with Gasteiger partial charge in [-0.15, -0.1) is 0 Å². The van der Waals surface area contributed by atoms with Gasteiger partial charge < -0.3 is 10.1 Å². The SMILES string of the molecule is O=C(Nc1ccc(OC2CCN(Cc3ccsc3)C2)c(Cl)c1)c1ccc(F)cc1. The van der Waals surface area contributed by atoms with E-state index in [-0.39, 0.29) is 17.8 Å². The Morgan fingerprint density at radius 1 is 1.24 bits per heavy atom. The normalized spacial score (nSPS) is 16.7. The second-order valence-electron chi connectivity index (χ2n) is 7.00. The summed E-state index contributed by atoms with van der Waals surface area (Å²) in [6.45, 7) is 2.78. The number of ether oxygens (including phenoxy) is 1. The van der Waals surface area contributed by atoms with E-state index < -0.39 is 0 Å². The molecule has 0 bridgehead atoms. The second-order valence-corrected chi connectivity index (χ2v) is 8.19. The van der Waals surface area contributed by atoms with Gasteiger partial charge in [0.1, 0.15) is 17.7 Å². The highest BCUT2D eigenvalue weighted by atomic mass is 35.5. The number of halogens is 2. The molecule has 1 aliphatic rings. The first kappa shape index (κ1) is 19.9. The minimum Gasteiger partial charge on any atom is -0.487 e. The van der Waals surface area contributed by atoms with E-state index >= 15 is 0 Å². The zero-order valence-electron chi connectivity index (χ0n) is 15.6. The molecule has 3 aromatic rings. The number of likely N-dealkylation sites (tertiary alicyclic amines) is 1. The van der Waals surface area contributed by atoms with Crippen LogP contribution in [-0.4, -0.2) is 30.0 Å². The third-order valence-electron chi connectivity index (χ3n) is 4.81. The summed E-state index contributed by atoms with van der Waals surface area (Å²) in [7, 11) is 0. The zero-order valence-corrected chi connectivity index (χ0v) is 17.2. The molecule has 1 atom stereocenters. The Morgan fingerprint density at radius 2 is 2.07 bits per heavy atom. The van der Waals surface area contributed by atoms with Crippen LogP contribution in [0.2, 0.25) is 5.02 Å². The monoisotopic (exact) mass is 430 g/mol. The summed E-state index contributed by atoms with van der Waals surface area (Å²) in [5.74, 6) is -0.102. The number of nitrogens with one attached hydrogen (secondary N) is 1. The van der Waals surface area contributed by atoms with Crippen LogP contribution in [0.4, 0.5) is 10.1 Å². The molecule has 1 saturated heterocycles. The topological polar surface area (TPSA) is 41.6 Å². The summed E-state index contributed by atoms with van der Waals surface area (Å²) < 4.78 is 19.1. The molecule has 1 aromatic heterocycles. The number of rotatable bonds is 6. The number of anilines is 1. The molecule has 0 spiro atoms. The van der Waals surface area contributed by atoms with Gasteiger partial charge in [0, 0.05) is 30.9 Å². The molecule has 29 heavy (non-hydrogen) atoms. The van der Waals surface area contributed by atoms with E-state index in [4.69, 9.17) is 16.3 Å². The second kappa shape index (κ2) is 8.95. The minimum absolute atomic E-state index is 0.0887. The fourth-order valence-electron chi connectivity index (χ4n) is 3.34. The number of hydrogen-bond donors (Lipinski definition) is 1. The average molecular weight is 431 g/mol. The number of carbonyl (C=O) groups excluding carboxylic acids is 1. The summed E-state index contributed by atoms with van der Waals surface area (Å²) >= 11 is 8.08. The van der Waals surface area contributed by atoms with Crippen LogP contribution in [0.5, 0.6) is 5.75 Å². The van der Waals surface area contributed by atoms with E-state index in [1.54, 1.807) is 29.5 Å². The van der Waals surface area contributed by atoms with Crippen molar-refractivity contribution in [3.05, 3.63) is 81.3 Å². The molecule has 7 heteroatoms. The highest BCUT2D eigenvalue weighted by Gasteiger charge is 2.24. The van der Waals surface area contributed by atoms with Crippen LogP contribution < -0.4 is 10.1 Å². The number of thiophene rings is 1. The molecule has 2 aromatic carbocycles. The largest absolute Gasteiger partial charge is 0.487 e. The first-order valence-electron chi connectivity index (χ1n) is 9.33. The van der Waals surface area contributed by atoms with Gasteiger partial charge in [0.05, 0.1) is 5.02 Å². The Kier molecular flexibility index (Phi) is 6.13. The van der Waals surface area contributed by atoms with E-state index in [9.17, 15) is 9.18 Å². The standard InChI is InChI=1S/C22H20ClFN2O2S/c23-20-11-18(25-22(27)16-1-3-17(24)4-2-16)5-6-21(20)28-19-7-9-26(13-19)12-15-8-10-29-14-15/h1-6,8,10-11,14,19H,7,9,12-13H2,(H,25,27). The molecule has 1 unspecified atom stereocenters. The lowest BCUT2D eigenvalue weighted by atomic mass is 10.2. The fraction of sp³-hybridized carbons (Fsp3) is 0.227. The number of hydrogen-bond acceptors (Lipinski definition) is 4. The predicted octanol–water partition coefficient (Wildman–Crippen LogP) is 5.45. The van der Waals surface area contributed by atoms with Gasteiger partial charge in [-0.3, -0.25) is 9.69 Å². The molecule has 4 rings (SSSR count). The van der Waals surface area contributed by atoms with Crippen LogP contribution in [0.3, 0.4) is 0 Å². The Labute approximate surface area is 177 Å². The van der Waals surface area contributed by atoms with Crippen molar-refractivity contribution < 1.29 is 13.9 Å². The summed E-state index contributed by atoms with van der Waals surface area (Å²) in [5.41, 5.74) is 2.26. The number of nitrogens with zero attached hydrogens (tertiary/aromatic N) is 1. The third-order valence-corrected chi connectivity index (χ3v) is 5.83. The molecular formula is C22H20ClFN2O2S. The van der Waals surface area contributed by atoms with Gasteiger partial charge in [0.2, 0.25) is 0 Å². The molecule has 1 N–H and O–H groups in total. The van der Waals surface area contributed by atoms with E-state index in [1.165, 1.54) is 29.8 Å². The average Bonchev–Trinajstić information content (AvgIpc) is 3.37. The van der Waals surface area contributed by atoms with E-state index in [2.05, 4.69) is 27.0 Å². The third kappa shape index (κ3) is 5.15. The highest BCUT2D eigenvalue weighted by Crippen LogP contribution is 2.30. The van der Waals surface area contributed by atoms with Crippen LogP contribution in [0, 0.1) is 5.82 Å². The lowest BCUT2D eigenvalue weighted by Gasteiger charge is -2.17. The van der Waals surface area contributed by atoms with Gasteiger partial charge >= 0.3 is 0 Å². The van der Waals surface area contributed by atoms with Crippen molar-refractivity contribution >= 4 is 34.5 Å². The van der Waals surface area contributed by atoms with Crippen LogP contribution >= 0.6 is 22.9 Å². The van der Waals surface area contributed by atoms with Crippen LogP contribution in [0.25, 0.3) is 0 Å². The molecule has 4 nitrogen and oxygen atoms in total. The van der Waals surface area contributed by atoms with Crippen molar-refractivity contribution in [1.82, 2.24) is 4.90 Å². The van der Waals surface area contributed by atoms with Crippen LogP contribution in [0.1, 0.15) is 22.3 Å². The van der Waals surface area contributed by atoms with Gasteiger partial charge in [0.25, 0.3) is 5.91 Å². The molecule has 1 fully saturated rings. The van der Waals surface area contributed by atoms with E-state index in [1.807, 2.05) is 0 Å². The Hall–Kier alpha value is -2.41. The maximum absolute atomic E-state index is 13.0. The van der Waals surface area contributed by atoms with Crippen molar-refractivity contribution in [3.63, 3.8) is 0 Å². The summed E-state index contributed by atoms with van der Waals surface area (Å²) in [4.78, 5) is 14.6. The maximum Gasteiger partial charge on any atom is 0.255 e. The predicted molar refractivity (Wildman–Crippen MR) is 114 cm³/mol. The van der Waals surface area contributed by atoms with Crippen molar-refractivity contribution in [1.29, 1.82) is 0 Å². The van der Waals surface area contributed by atoms with Crippen molar-refractivity contribution in [2.45, 2.75) is 19.1 Å². The molecule has 0 saturated carbocycles. The maximum atomic E-state index is 13.0. The van der Waals surface area contributed by atoms with Gasteiger partial charge in [-0.2, -0.15) is 11.3 Å². The zero-order chi connectivity index (χ0) is 20.2. The quantitative estimate of drug-likeness (QED) is 0.565. The number of carbonyl (C=O) groups is 1. The molecular weight excluding hydrogens is 411 g/mol. The Bertz CT molecular complexity index is 979. The molecule has 150 valence electrons. The fourth-order valence-corrected chi connectivity index (χ4v) is 4.22. The smallest absolute Gasteiger partial charge is 0.255 e. The van der Waals surface area contributed by atoms with Crippen molar-refractivity contribution in [2.24, 2.45) is 0 Å². The molecule has 0 aliphatic carbocycles. The summed E-state index contributed by atoms with van der Waals surface area (Å²) in [6.07, 6.45) is 1.04. The lowest BCUT2D eigenvalue weighted by Crippen LogP contribution is -2.24. The minimum atomic E-state index is -0.383. The van der Waals surface area contributed by atoms with Crippen molar-refractivity contribution in [2.75, 3.05) is 18.4 Å². The Morgan fingerprint density at radius 3 is 2.79 bits per heavy atom. The number of benzene rings is 2. The van der Waals surface area contributed by atoms with E-state index in [0.717, 1.165) is 26.1 Å². The lowest BCUT2D eigenvalue weighted by molar-refractivity contribution is 0.102. The van der Waals surface area contributed by atoms with E-state index in [0.29, 0.717) is 22.0 Å².